The molecule has 6 heteroatoms. The van der Waals surface area contributed by atoms with Crippen molar-refractivity contribution < 1.29 is 13.9 Å². The van der Waals surface area contributed by atoms with Gasteiger partial charge in [0.15, 0.2) is 11.6 Å². The Morgan fingerprint density at radius 1 is 1.48 bits per heavy atom. The van der Waals surface area contributed by atoms with Gasteiger partial charge in [0.1, 0.15) is 5.52 Å². The second-order valence-corrected chi connectivity index (χ2v) is 6.64. The van der Waals surface area contributed by atoms with E-state index in [9.17, 15) is 13.9 Å². The van der Waals surface area contributed by atoms with E-state index in [1.807, 2.05) is 0 Å². The van der Waals surface area contributed by atoms with Crippen LogP contribution >= 0.6 is 0 Å². The van der Waals surface area contributed by atoms with Crippen LogP contribution in [0.5, 0.6) is 0 Å². The molecule has 2 N–H and O–H groups in total. The number of aliphatic hydroxyl groups is 1. The SMILES string of the molecule is C=C(Cn1cnc2c(F)c(F)ccc21)[C@H]1CC12NCCC[C@@H]2O. The van der Waals surface area contributed by atoms with Gasteiger partial charge in [-0.25, -0.2) is 13.8 Å². The first kappa shape index (κ1) is 14.8. The molecule has 0 bridgehead atoms. The molecule has 1 spiro atoms. The Bertz CT molecular complexity index is 787. The summed E-state index contributed by atoms with van der Waals surface area (Å²) in [6, 6.07) is 2.65. The summed E-state index contributed by atoms with van der Waals surface area (Å²) in [7, 11) is 0. The molecule has 1 unspecified atom stereocenters. The number of imidazole rings is 1. The summed E-state index contributed by atoms with van der Waals surface area (Å²) in [4.78, 5) is 3.97. The monoisotopic (exact) mass is 319 g/mol. The minimum atomic E-state index is -0.917. The second-order valence-electron chi connectivity index (χ2n) is 6.64. The Morgan fingerprint density at radius 3 is 3.09 bits per heavy atom. The predicted molar refractivity (Wildman–Crippen MR) is 82.9 cm³/mol. The van der Waals surface area contributed by atoms with E-state index < -0.39 is 11.6 Å². The summed E-state index contributed by atoms with van der Waals surface area (Å²) in [6.45, 7) is 5.56. The highest BCUT2D eigenvalue weighted by molar-refractivity contribution is 5.76. The maximum absolute atomic E-state index is 13.7. The third-order valence-corrected chi connectivity index (χ3v) is 5.26. The summed E-state index contributed by atoms with van der Waals surface area (Å²) in [5.41, 5.74) is 1.34. The van der Waals surface area contributed by atoms with Crippen molar-refractivity contribution in [3.8, 4) is 0 Å². The van der Waals surface area contributed by atoms with Gasteiger partial charge in [-0.2, -0.15) is 0 Å². The first-order valence-electron chi connectivity index (χ1n) is 7.92. The van der Waals surface area contributed by atoms with Gasteiger partial charge in [-0.1, -0.05) is 12.2 Å². The van der Waals surface area contributed by atoms with Crippen molar-refractivity contribution in [2.75, 3.05) is 6.54 Å². The van der Waals surface area contributed by atoms with Crippen LogP contribution in [-0.2, 0) is 6.54 Å². The van der Waals surface area contributed by atoms with Crippen molar-refractivity contribution in [1.82, 2.24) is 14.9 Å². The molecule has 4 nitrogen and oxygen atoms in total. The largest absolute Gasteiger partial charge is 0.391 e. The number of rotatable bonds is 3. The first-order chi connectivity index (χ1) is 11.0. The van der Waals surface area contributed by atoms with Crippen molar-refractivity contribution in [3.63, 3.8) is 0 Å². The molecule has 1 saturated heterocycles. The molecule has 2 heterocycles. The van der Waals surface area contributed by atoms with Gasteiger partial charge in [0.2, 0.25) is 0 Å². The summed E-state index contributed by atoms with van der Waals surface area (Å²) in [5.74, 6) is -1.60. The predicted octanol–water partition coefficient (Wildman–Crippen LogP) is 2.37. The molecule has 3 atom stereocenters. The highest BCUT2D eigenvalue weighted by atomic mass is 19.2. The lowest BCUT2D eigenvalue weighted by molar-refractivity contribution is 0.0784. The van der Waals surface area contributed by atoms with Crippen LogP contribution in [0, 0.1) is 17.6 Å². The molecular formula is C17H19F2N3O. The maximum atomic E-state index is 13.7. The van der Waals surface area contributed by atoms with E-state index in [1.165, 1.54) is 12.4 Å². The summed E-state index contributed by atoms with van der Waals surface area (Å²) < 4.78 is 28.8. The van der Waals surface area contributed by atoms with Crippen LogP contribution in [0.4, 0.5) is 8.78 Å². The fourth-order valence-electron chi connectivity index (χ4n) is 3.87. The lowest BCUT2D eigenvalue weighted by Gasteiger charge is -2.31. The van der Waals surface area contributed by atoms with Gasteiger partial charge in [-0.3, -0.25) is 0 Å². The molecule has 1 saturated carbocycles. The summed E-state index contributed by atoms with van der Waals surface area (Å²) in [5, 5.41) is 13.7. The number of aliphatic hydroxyl groups excluding tert-OH is 1. The van der Waals surface area contributed by atoms with Gasteiger partial charge >= 0.3 is 0 Å². The number of piperidine rings is 1. The molecule has 2 fully saturated rings. The summed E-state index contributed by atoms with van der Waals surface area (Å²) in [6.07, 6.45) is 3.85. The smallest absolute Gasteiger partial charge is 0.186 e. The molecule has 2 aromatic rings. The topological polar surface area (TPSA) is 50.1 Å². The zero-order valence-electron chi connectivity index (χ0n) is 12.7. The Morgan fingerprint density at radius 2 is 2.30 bits per heavy atom. The highest BCUT2D eigenvalue weighted by Gasteiger charge is 2.60. The van der Waals surface area contributed by atoms with Crippen LogP contribution in [0.1, 0.15) is 19.3 Å². The van der Waals surface area contributed by atoms with Crippen LogP contribution in [0.2, 0.25) is 0 Å². The molecule has 0 amide bonds. The van der Waals surface area contributed by atoms with Gasteiger partial charge in [-0.15, -0.1) is 0 Å². The van der Waals surface area contributed by atoms with Crippen molar-refractivity contribution >= 4 is 11.0 Å². The van der Waals surface area contributed by atoms with E-state index in [1.54, 1.807) is 4.57 Å². The second kappa shape index (κ2) is 5.11. The molecule has 23 heavy (non-hydrogen) atoms. The Hall–Kier alpha value is -1.79. The van der Waals surface area contributed by atoms with E-state index in [0.29, 0.717) is 12.1 Å². The van der Waals surface area contributed by atoms with Gasteiger partial charge in [0.05, 0.1) is 23.5 Å². The molecule has 1 aromatic carbocycles. The van der Waals surface area contributed by atoms with Gasteiger partial charge in [0.25, 0.3) is 0 Å². The number of hydrogen-bond acceptors (Lipinski definition) is 3. The van der Waals surface area contributed by atoms with Crippen LogP contribution < -0.4 is 5.32 Å². The number of benzene rings is 1. The minimum absolute atomic E-state index is 0.0409. The molecule has 1 aliphatic carbocycles. The molecule has 1 aromatic heterocycles. The molecule has 0 radical (unpaired) electrons. The zero-order valence-corrected chi connectivity index (χ0v) is 12.7. The fourth-order valence-corrected chi connectivity index (χ4v) is 3.87. The van der Waals surface area contributed by atoms with E-state index in [4.69, 9.17) is 0 Å². The van der Waals surface area contributed by atoms with Crippen LogP contribution in [0.3, 0.4) is 0 Å². The Labute approximate surface area is 132 Å². The van der Waals surface area contributed by atoms with Crippen molar-refractivity contribution in [3.05, 3.63) is 42.2 Å². The number of fused-ring (bicyclic) bond motifs is 1. The minimum Gasteiger partial charge on any atom is -0.391 e. The zero-order chi connectivity index (χ0) is 16.2. The van der Waals surface area contributed by atoms with E-state index in [-0.39, 0.29) is 23.1 Å². The molecule has 122 valence electrons. The number of halogens is 2. The highest BCUT2D eigenvalue weighted by Crippen LogP contribution is 2.52. The number of hydrogen-bond donors (Lipinski definition) is 2. The van der Waals surface area contributed by atoms with Crippen LogP contribution in [0.25, 0.3) is 11.0 Å². The van der Waals surface area contributed by atoms with Crippen LogP contribution in [0.15, 0.2) is 30.6 Å². The van der Waals surface area contributed by atoms with Crippen LogP contribution in [-0.4, -0.2) is 32.8 Å². The molecule has 1 aliphatic heterocycles. The quantitative estimate of drug-likeness (QED) is 0.854. The third-order valence-electron chi connectivity index (χ3n) is 5.26. The normalized spacial score (nSPS) is 30.0. The Kier molecular flexibility index (Phi) is 3.28. The van der Waals surface area contributed by atoms with E-state index in [2.05, 4.69) is 16.9 Å². The van der Waals surface area contributed by atoms with Gasteiger partial charge in [-0.05, 0) is 37.9 Å². The standard InChI is InChI=1S/C17H19F2N3O/c1-10(11-7-17(11)14(23)3-2-6-21-17)8-22-9-20-16-13(22)5-4-12(18)15(16)19/h4-5,9,11,14,21,23H,1-3,6-8H2/t11-,14+,17?/m1/s1. The lowest BCUT2D eigenvalue weighted by Crippen LogP contribution is -2.49. The third kappa shape index (κ3) is 2.20. The average molecular weight is 319 g/mol. The molecule has 4 rings (SSSR count). The molecule has 2 aliphatic rings. The average Bonchev–Trinajstić information content (AvgIpc) is 3.12. The number of aromatic nitrogens is 2. The summed E-state index contributed by atoms with van der Waals surface area (Å²) >= 11 is 0. The first-order valence-corrected chi connectivity index (χ1v) is 7.92. The lowest BCUT2D eigenvalue weighted by atomic mass is 9.94. The number of nitrogens with one attached hydrogen (secondary N) is 1. The van der Waals surface area contributed by atoms with E-state index >= 15 is 0 Å². The van der Waals surface area contributed by atoms with Crippen molar-refractivity contribution in [2.45, 2.75) is 37.5 Å². The number of nitrogens with zero attached hydrogens (tertiary/aromatic N) is 2. The van der Waals surface area contributed by atoms with E-state index in [0.717, 1.165) is 37.4 Å². The van der Waals surface area contributed by atoms with Crippen molar-refractivity contribution in [2.24, 2.45) is 5.92 Å². The Balaban J connectivity index is 1.55. The molecular weight excluding hydrogens is 300 g/mol. The van der Waals surface area contributed by atoms with Gasteiger partial charge < -0.3 is 15.0 Å². The van der Waals surface area contributed by atoms with Gasteiger partial charge in [0, 0.05) is 12.5 Å². The fraction of sp³-hybridized carbons (Fsp3) is 0.471. The van der Waals surface area contributed by atoms with Crippen molar-refractivity contribution in [1.29, 1.82) is 0 Å². The maximum Gasteiger partial charge on any atom is 0.186 e.